The van der Waals surface area contributed by atoms with Gasteiger partial charge in [-0.3, -0.25) is 5.32 Å². The average molecular weight is 503 g/mol. The lowest BCUT2D eigenvalue weighted by Crippen LogP contribution is -2.24. The van der Waals surface area contributed by atoms with Crippen molar-refractivity contribution in [1.29, 1.82) is 0 Å². The Kier molecular flexibility index (Phi) is 9.71. The van der Waals surface area contributed by atoms with E-state index in [9.17, 15) is 13.6 Å². The number of primary amides is 1. The molecule has 0 saturated carbocycles. The number of amides is 2. The van der Waals surface area contributed by atoms with Crippen molar-refractivity contribution in [3.05, 3.63) is 70.7 Å². The van der Waals surface area contributed by atoms with E-state index in [2.05, 4.69) is 29.0 Å². The summed E-state index contributed by atoms with van der Waals surface area (Å²) in [7, 11) is 1.68. The van der Waals surface area contributed by atoms with Crippen LogP contribution in [0.2, 0.25) is 0 Å². The Bertz CT molecular complexity index is 1110. The van der Waals surface area contributed by atoms with Crippen LogP contribution in [0.15, 0.2) is 48.5 Å². The number of benzene rings is 2. The smallest absolute Gasteiger partial charge is 0.317 e. The van der Waals surface area contributed by atoms with Crippen molar-refractivity contribution in [2.45, 2.75) is 32.1 Å². The molecule has 1 atom stereocenters. The number of carbonyl (C=O) groups is 1. The first kappa shape index (κ1) is 26.7. The van der Waals surface area contributed by atoms with E-state index in [0.717, 1.165) is 47.9 Å². The normalized spacial score (nSPS) is 15.7. The second kappa shape index (κ2) is 12.7. The molecule has 1 aliphatic heterocycles. The molecule has 4 rings (SSSR count). The Morgan fingerprint density at radius 2 is 1.97 bits per heavy atom. The number of methoxy groups -OCH3 is 1. The fourth-order valence-corrected chi connectivity index (χ4v) is 4.86. The number of hydrogen-bond acceptors (Lipinski definition) is 5. The zero-order chi connectivity index (χ0) is 25.4. The molecule has 1 saturated heterocycles. The topological polar surface area (TPSA) is 80.5 Å². The third-order valence-electron chi connectivity index (χ3n) is 5.72. The molecule has 3 aromatic rings. The first-order chi connectivity index (χ1) is 16.8. The van der Waals surface area contributed by atoms with E-state index in [0.29, 0.717) is 23.4 Å². The number of halogens is 2. The van der Waals surface area contributed by atoms with Gasteiger partial charge in [0.2, 0.25) is 0 Å². The highest BCUT2D eigenvalue weighted by Crippen LogP contribution is 2.35. The number of likely N-dealkylation sites (tertiary alicyclic amines) is 1. The van der Waals surface area contributed by atoms with Crippen LogP contribution in [0, 0.1) is 11.6 Å². The molecule has 0 radical (unpaired) electrons. The average Bonchev–Trinajstić information content (AvgIpc) is 3.48. The van der Waals surface area contributed by atoms with Crippen molar-refractivity contribution in [3.8, 4) is 11.3 Å². The molecular formula is C26H32F2N4O2S. The van der Waals surface area contributed by atoms with Gasteiger partial charge in [0.25, 0.3) is 0 Å². The lowest BCUT2D eigenvalue weighted by Gasteiger charge is -2.15. The monoisotopic (exact) mass is 502 g/mol. The van der Waals surface area contributed by atoms with Crippen molar-refractivity contribution in [3.63, 3.8) is 0 Å². The molecule has 2 aromatic carbocycles. The molecule has 1 unspecified atom stereocenters. The Morgan fingerprint density at radius 1 is 1.23 bits per heavy atom. The fraction of sp³-hybridized carbons (Fsp3) is 0.385. The van der Waals surface area contributed by atoms with Gasteiger partial charge in [-0.2, -0.15) is 0 Å². The van der Waals surface area contributed by atoms with Crippen LogP contribution in [0.4, 0.5) is 18.6 Å². The highest BCUT2D eigenvalue weighted by atomic mass is 32.1. The van der Waals surface area contributed by atoms with Crippen molar-refractivity contribution in [1.82, 2.24) is 9.88 Å². The van der Waals surface area contributed by atoms with Gasteiger partial charge in [-0.1, -0.05) is 50.2 Å². The summed E-state index contributed by atoms with van der Waals surface area (Å²) < 4.78 is 31.0. The second-order valence-corrected chi connectivity index (χ2v) is 9.72. The summed E-state index contributed by atoms with van der Waals surface area (Å²) >= 11 is 1.47. The maximum atomic E-state index is 13.1. The van der Waals surface area contributed by atoms with Crippen LogP contribution in [-0.2, 0) is 4.74 Å². The summed E-state index contributed by atoms with van der Waals surface area (Å²) in [5.41, 5.74) is 7.84. The van der Waals surface area contributed by atoms with Crippen LogP contribution >= 0.6 is 11.3 Å². The third kappa shape index (κ3) is 7.55. The highest BCUT2D eigenvalue weighted by Gasteiger charge is 2.24. The number of aromatic nitrogens is 1. The number of rotatable bonds is 7. The number of nitrogens with two attached hydrogens (primary N) is 1. The molecule has 0 bridgehead atoms. The van der Waals surface area contributed by atoms with Crippen LogP contribution < -0.4 is 11.1 Å². The SMILES string of the molecule is CC(C)c1nc(-c2ccccc2)c(NC(N)=O)s1.COCCN1CCC(c2ccc(F)c(F)c2)C1. The number of nitrogens with zero attached hydrogens (tertiary/aromatic N) is 2. The van der Waals surface area contributed by atoms with Gasteiger partial charge in [0, 0.05) is 31.7 Å². The molecule has 2 amide bonds. The summed E-state index contributed by atoms with van der Waals surface area (Å²) in [5, 5.41) is 4.33. The zero-order valence-electron chi connectivity index (χ0n) is 20.3. The van der Waals surface area contributed by atoms with E-state index in [4.69, 9.17) is 10.5 Å². The molecular weight excluding hydrogens is 470 g/mol. The Labute approximate surface area is 209 Å². The van der Waals surface area contributed by atoms with E-state index in [1.54, 1.807) is 13.2 Å². The second-order valence-electron chi connectivity index (χ2n) is 8.69. The van der Waals surface area contributed by atoms with Crippen LogP contribution in [-0.4, -0.2) is 49.3 Å². The molecule has 3 N–H and O–H groups in total. The molecule has 1 aromatic heterocycles. The van der Waals surface area contributed by atoms with Crippen molar-refractivity contribution < 1.29 is 18.3 Å². The minimum atomic E-state index is -0.775. The standard InChI is InChI=1S/C13H17F2NO.C13H15N3OS/c1-17-7-6-16-5-4-11(9-16)10-2-3-12(14)13(15)8-10;1-8(2)11-15-10(9-6-4-3-5-7-9)12(18-11)16-13(14)17/h2-3,8,11H,4-7,9H2,1H3;3-8H,1-2H3,(H3,14,16,17). The van der Waals surface area contributed by atoms with Gasteiger partial charge in [0.1, 0.15) is 10.7 Å². The quantitative estimate of drug-likeness (QED) is 0.426. The van der Waals surface area contributed by atoms with Crippen molar-refractivity contribution in [2.75, 3.05) is 38.7 Å². The number of nitrogens with one attached hydrogen (secondary N) is 1. The number of urea groups is 1. The molecule has 2 heterocycles. The van der Waals surface area contributed by atoms with Gasteiger partial charge >= 0.3 is 6.03 Å². The summed E-state index contributed by atoms with van der Waals surface area (Å²) in [5.74, 6) is -0.899. The minimum Gasteiger partial charge on any atom is -0.383 e. The van der Waals surface area contributed by atoms with E-state index in [1.165, 1.54) is 23.5 Å². The van der Waals surface area contributed by atoms with E-state index < -0.39 is 17.7 Å². The van der Waals surface area contributed by atoms with Gasteiger partial charge in [-0.05, 0) is 36.6 Å². The van der Waals surface area contributed by atoms with Crippen molar-refractivity contribution >= 4 is 22.4 Å². The van der Waals surface area contributed by atoms with Gasteiger partial charge < -0.3 is 15.4 Å². The molecule has 6 nitrogen and oxygen atoms in total. The Balaban J connectivity index is 0.000000196. The zero-order valence-corrected chi connectivity index (χ0v) is 21.1. The lowest BCUT2D eigenvalue weighted by atomic mass is 9.98. The molecule has 0 aliphatic carbocycles. The van der Waals surface area contributed by atoms with Crippen molar-refractivity contribution in [2.24, 2.45) is 5.73 Å². The number of carbonyl (C=O) groups excluding carboxylic acids is 1. The van der Waals surface area contributed by atoms with Crippen LogP contribution in [0.1, 0.15) is 42.7 Å². The lowest BCUT2D eigenvalue weighted by molar-refractivity contribution is 0.160. The summed E-state index contributed by atoms with van der Waals surface area (Å²) in [6.45, 7) is 7.64. The third-order valence-corrected chi connectivity index (χ3v) is 6.99. The van der Waals surface area contributed by atoms with Crippen LogP contribution in [0.25, 0.3) is 11.3 Å². The van der Waals surface area contributed by atoms with Gasteiger partial charge in [-0.15, -0.1) is 11.3 Å². The number of hydrogen-bond donors (Lipinski definition) is 2. The van der Waals surface area contributed by atoms with Crippen LogP contribution in [0.5, 0.6) is 0 Å². The molecule has 1 fully saturated rings. The molecule has 1 aliphatic rings. The minimum absolute atomic E-state index is 0.307. The molecule has 9 heteroatoms. The molecule has 188 valence electrons. The Morgan fingerprint density at radius 3 is 2.60 bits per heavy atom. The summed E-state index contributed by atoms with van der Waals surface area (Å²) in [6.07, 6.45) is 0.995. The maximum Gasteiger partial charge on any atom is 0.317 e. The Hall–Kier alpha value is -2.88. The first-order valence-corrected chi connectivity index (χ1v) is 12.4. The first-order valence-electron chi connectivity index (χ1n) is 11.6. The van der Waals surface area contributed by atoms with E-state index in [-0.39, 0.29) is 0 Å². The van der Waals surface area contributed by atoms with E-state index in [1.807, 2.05) is 30.3 Å². The highest BCUT2D eigenvalue weighted by molar-refractivity contribution is 7.16. The van der Waals surface area contributed by atoms with Gasteiger partial charge in [0.15, 0.2) is 11.6 Å². The number of anilines is 1. The molecule has 0 spiro atoms. The summed E-state index contributed by atoms with van der Waals surface area (Å²) in [4.78, 5) is 17.9. The largest absolute Gasteiger partial charge is 0.383 e. The summed E-state index contributed by atoms with van der Waals surface area (Å²) in [6, 6.07) is 13.4. The number of ether oxygens (including phenoxy) is 1. The predicted molar refractivity (Wildman–Crippen MR) is 137 cm³/mol. The predicted octanol–water partition coefficient (Wildman–Crippen LogP) is 5.82. The van der Waals surface area contributed by atoms with Crippen LogP contribution in [0.3, 0.4) is 0 Å². The fourth-order valence-electron chi connectivity index (χ4n) is 3.87. The van der Waals surface area contributed by atoms with Gasteiger partial charge in [-0.25, -0.2) is 18.6 Å². The van der Waals surface area contributed by atoms with Gasteiger partial charge in [0.05, 0.1) is 11.6 Å². The van der Waals surface area contributed by atoms with E-state index >= 15 is 0 Å². The molecule has 35 heavy (non-hydrogen) atoms. The maximum absolute atomic E-state index is 13.1. The number of thiazole rings is 1.